The van der Waals surface area contributed by atoms with Gasteiger partial charge < -0.3 is 9.47 Å². The molecule has 47 heavy (non-hydrogen) atoms. The number of rotatable bonds is 4. The van der Waals surface area contributed by atoms with Gasteiger partial charge in [-0.3, -0.25) is 0 Å². The molecule has 3 heteroatoms. The Hall–Kier alpha value is -5.54. The topological polar surface area (TPSA) is 18.5 Å². The Labute approximate surface area is 276 Å². The molecule has 9 rings (SSSR count). The fourth-order valence-electron chi connectivity index (χ4n) is 7.56. The second kappa shape index (κ2) is 11.1. The van der Waals surface area contributed by atoms with E-state index in [0.717, 1.165) is 63.4 Å². The maximum absolute atomic E-state index is 7.04. The number of allylic oxidation sites excluding steroid dienone is 4. The van der Waals surface area contributed by atoms with E-state index >= 15 is 0 Å². The van der Waals surface area contributed by atoms with Crippen molar-refractivity contribution in [3.63, 3.8) is 0 Å². The fourth-order valence-corrected chi connectivity index (χ4v) is 7.56. The van der Waals surface area contributed by atoms with Crippen LogP contribution < -0.4 is 25.9 Å². The standard InChI is InChI=1S/C44H33BO2/c1-28-13-9-11-19-34(28)33-22-24-41-39(26-33)45-38-25-32(30-15-5-3-6-16-30)21-23-40(38)46-43-36(31-17-7-4-8-18-31)27-37(44(47-41)42(43)45)35-20-12-10-14-29(35)2/h3,5-7,9-27H,4,8H2,1-2H3. The Morgan fingerprint density at radius 2 is 1.13 bits per heavy atom. The van der Waals surface area contributed by atoms with E-state index in [1.54, 1.807) is 0 Å². The highest BCUT2D eigenvalue weighted by atomic mass is 16.5. The zero-order valence-electron chi connectivity index (χ0n) is 26.6. The lowest BCUT2D eigenvalue weighted by Crippen LogP contribution is -2.57. The van der Waals surface area contributed by atoms with Crippen LogP contribution in [0.25, 0.3) is 39.0 Å². The minimum atomic E-state index is -0.0731. The molecule has 2 heterocycles. The highest BCUT2D eigenvalue weighted by molar-refractivity contribution is 6.98. The lowest BCUT2D eigenvalue weighted by Gasteiger charge is -2.36. The summed E-state index contributed by atoms with van der Waals surface area (Å²) in [4.78, 5) is 0. The quantitative estimate of drug-likeness (QED) is 0.186. The van der Waals surface area contributed by atoms with E-state index in [1.165, 1.54) is 44.5 Å². The minimum Gasteiger partial charge on any atom is -0.458 e. The molecule has 0 aromatic heterocycles. The molecule has 2 aliphatic heterocycles. The average molecular weight is 605 g/mol. The third-order valence-corrected chi connectivity index (χ3v) is 9.93. The summed E-state index contributed by atoms with van der Waals surface area (Å²) < 4.78 is 14.1. The number of aryl methyl sites for hydroxylation is 2. The minimum absolute atomic E-state index is 0.0731. The van der Waals surface area contributed by atoms with E-state index in [9.17, 15) is 0 Å². The number of hydrogen-bond donors (Lipinski definition) is 0. The molecule has 2 nitrogen and oxygen atoms in total. The van der Waals surface area contributed by atoms with Crippen molar-refractivity contribution in [3.8, 4) is 56.4 Å². The third kappa shape index (κ3) is 4.57. The smallest absolute Gasteiger partial charge is 0.260 e. The predicted octanol–water partition coefficient (Wildman–Crippen LogP) is 9.77. The Morgan fingerprint density at radius 1 is 0.511 bits per heavy atom. The van der Waals surface area contributed by atoms with E-state index in [4.69, 9.17) is 9.47 Å². The first kappa shape index (κ1) is 27.7. The average Bonchev–Trinajstić information content (AvgIpc) is 3.12. The van der Waals surface area contributed by atoms with Crippen LogP contribution in [0.15, 0.2) is 140 Å². The van der Waals surface area contributed by atoms with Gasteiger partial charge in [-0.1, -0.05) is 121 Å². The summed E-state index contributed by atoms with van der Waals surface area (Å²) in [5.74, 6) is 3.57. The van der Waals surface area contributed by atoms with Crippen LogP contribution in [0.1, 0.15) is 29.5 Å². The summed E-state index contributed by atoms with van der Waals surface area (Å²) in [6.07, 6.45) is 8.95. The van der Waals surface area contributed by atoms with Crippen LogP contribution in [0.2, 0.25) is 0 Å². The van der Waals surface area contributed by atoms with Gasteiger partial charge in [0, 0.05) is 16.6 Å². The van der Waals surface area contributed by atoms with E-state index in [0.29, 0.717) is 0 Å². The molecule has 0 spiro atoms. The van der Waals surface area contributed by atoms with Crippen LogP contribution in [-0.2, 0) is 0 Å². The highest BCUT2D eigenvalue weighted by Gasteiger charge is 2.43. The van der Waals surface area contributed by atoms with Gasteiger partial charge in [-0.15, -0.1) is 0 Å². The normalized spacial score (nSPS) is 13.9. The van der Waals surface area contributed by atoms with Crippen molar-refractivity contribution in [1.82, 2.24) is 0 Å². The van der Waals surface area contributed by atoms with Gasteiger partial charge in [0.1, 0.15) is 23.0 Å². The molecule has 6 aromatic rings. The molecule has 0 atom stereocenters. The number of hydrogen-bond acceptors (Lipinski definition) is 2. The maximum atomic E-state index is 7.04. The zero-order chi connectivity index (χ0) is 31.5. The largest absolute Gasteiger partial charge is 0.458 e. The maximum Gasteiger partial charge on any atom is 0.260 e. The van der Waals surface area contributed by atoms with Crippen molar-refractivity contribution in [2.24, 2.45) is 0 Å². The van der Waals surface area contributed by atoms with Gasteiger partial charge in [0.2, 0.25) is 0 Å². The van der Waals surface area contributed by atoms with Crippen molar-refractivity contribution >= 4 is 28.7 Å². The molecule has 0 radical (unpaired) electrons. The first-order chi connectivity index (χ1) is 23.1. The molecule has 0 N–H and O–H groups in total. The second-order valence-electron chi connectivity index (χ2n) is 12.8. The van der Waals surface area contributed by atoms with Crippen molar-refractivity contribution in [2.75, 3.05) is 0 Å². The molecule has 3 aliphatic rings. The Morgan fingerprint density at radius 3 is 1.81 bits per heavy atom. The van der Waals surface area contributed by atoms with Gasteiger partial charge >= 0.3 is 0 Å². The molecule has 0 amide bonds. The van der Waals surface area contributed by atoms with Gasteiger partial charge in [-0.05, 0) is 100 Å². The third-order valence-electron chi connectivity index (χ3n) is 9.93. The van der Waals surface area contributed by atoms with Crippen LogP contribution >= 0.6 is 0 Å². The lowest BCUT2D eigenvalue weighted by molar-refractivity contribution is 0.464. The van der Waals surface area contributed by atoms with E-state index < -0.39 is 0 Å². The monoisotopic (exact) mass is 604 g/mol. The SMILES string of the molecule is Cc1ccccc1-c1ccc2c(c1)B1c3cc(-c4ccccc4)ccc3Oc3c(C4=CCCC=C4)cc(-c4ccccc4C)c(c31)O2. The molecule has 1 aliphatic carbocycles. The van der Waals surface area contributed by atoms with Crippen molar-refractivity contribution in [2.45, 2.75) is 26.7 Å². The van der Waals surface area contributed by atoms with Crippen LogP contribution in [0, 0.1) is 13.8 Å². The number of benzene rings is 6. The Bertz CT molecular complexity index is 2280. The molecule has 0 saturated heterocycles. The number of fused-ring (bicyclic) bond motifs is 4. The van der Waals surface area contributed by atoms with E-state index in [2.05, 4.69) is 153 Å². The van der Waals surface area contributed by atoms with Gasteiger partial charge in [0.25, 0.3) is 6.71 Å². The molecule has 0 fully saturated rings. The zero-order valence-corrected chi connectivity index (χ0v) is 26.6. The van der Waals surface area contributed by atoms with E-state index in [-0.39, 0.29) is 6.71 Å². The summed E-state index contributed by atoms with van der Waals surface area (Å²) in [5.41, 5.74) is 15.3. The van der Waals surface area contributed by atoms with Crippen LogP contribution in [0.4, 0.5) is 0 Å². The second-order valence-corrected chi connectivity index (χ2v) is 12.8. The van der Waals surface area contributed by atoms with E-state index in [1.807, 2.05) is 0 Å². The molecule has 224 valence electrons. The molecular weight excluding hydrogens is 571 g/mol. The number of ether oxygens (including phenoxy) is 2. The first-order valence-electron chi connectivity index (χ1n) is 16.5. The molecule has 0 unspecified atom stereocenters. The molecule has 0 saturated carbocycles. The lowest BCUT2D eigenvalue weighted by atomic mass is 9.34. The molecule has 6 aromatic carbocycles. The highest BCUT2D eigenvalue weighted by Crippen LogP contribution is 2.46. The van der Waals surface area contributed by atoms with Gasteiger partial charge in [0.05, 0.1) is 0 Å². The fraction of sp³-hybridized carbons (Fsp3) is 0.0909. The predicted molar refractivity (Wildman–Crippen MR) is 196 cm³/mol. The summed E-state index contributed by atoms with van der Waals surface area (Å²) in [5, 5.41) is 0. The van der Waals surface area contributed by atoms with Gasteiger partial charge in [0.15, 0.2) is 0 Å². The van der Waals surface area contributed by atoms with Crippen molar-refractivity contribution in [3.05, 3.63) is 156 Å². The summed E-state index contributed by atoms with van der Waals surface area (Å²) >= 11 is 0. The molecule has 0 bridgehead atoms. The van der Waals surface area contributed by atoms with Crippen molar-refractivity contribution < 1.29 is 9.47 Å². The van der Waals surface area contributed by atoms with Crippen molar-refractivity contribution in [1.29, 1.82) is 0 Å². The molecular formula is C44H33BO2. The Kier molecular flexibility index (Phi) is 6.53. The summed E-state index contributed by atoms with van der Waals surface area (Å²) in [6.45, 7) is 4.29. The first-order valence-corrected chi connectivity index (χ1v) is 16.5. The van der Waals surface area contributed by atoms with Crippen LogP contribution in [0.3, 0.4) is 0 Å². The summed E-state index contributed by atoms with van der Waals surface area (Å²) in [6, 6.07) is 43.5. The van der Waals surface area contributed by atoms with Gasteiger partial charge in [-0.25, -0.2) is 0 Å². The van der Waals surface area contributed by atoms with Gasteiger partial charge in [-0.2, -0.15) is 0 Å². The van der Waals surface area contributed by atoms with Crippen LogP contribution in [0.5, 0.6) is 23.0 Å². The summed E-state index contributed by atoms with van der Waals surface area (Å²) in [7, 11) is 0. The van der Waals surface area contributed by atoms with Crippen LogP contribution in [-0.4, -0.2) is 6.71 Å². The Balaban J connectivity index is 1.36.